The summed E-state index contributed by atoms with van der Waals surface area (Å²) in [4.78, 5) is 26.9. The van der Waals surface area contributed by atoms with Crippen LogP contribution < -0.4 is 20.1 Å². The maximum atomic E-state index is 13.4. The highest BCUT2D eigenvalue weighted by Gasteiger charge is 2.25. The van der Waals surface area contributed by atoms with Crippen LogP contribution in [-0.2, 0) is 29.0 Å². The number of ether oxygens (including phenoxy) is 2. The Morgan fingerprint density at radius 1 is 1.03 bits per heavy atom. The van der Waals surface area contributed by atoms with Crippen molar-refractivity contribution in [3.05, 3.63) is 88.1 Å². The summed E-state index contributed by atoms with van der Waals surface area (Å²) in [5.74, 6) is 0.662. The third-order valence-corrected chi connectivity index (χ3v) is 7.28. The number of fused-ring (bicyclic) bond motifs is 2. The van der Waals surface area contributed by atoms with Gasteiger partial charge in [0.1, 0.15) is 6.04 Å². The second kappa shape index (κ2) is 10.8. The fraction of sp³-hybridized carbons (Fsp3) is 0.267. The molecule has 2 amide bonds. The molecule has 0 unspecified atom stereocenters. The molecular formula is C30H30ClN3O4. The summed E-state index contributed by atoms with van der Waals surface area (Å²) in [7, 11) is 0. The first kappa shape index (κ1) is 25.7. The van der Waals surface area contributed by atoms with E-state index in [1.165, 1.54) is 0 Å². The predicted molar refractivity (Wildman–Crippen MR) is 149 cm³/mol. The van der Waals surface area contributed by atoms with Crippen LogP contribution in [0.3, 0.4) is 0 Å². The van der Waals surface area contributed by atoms with Crippen molar-refractivity contribution in [3.63, 3.8) is 0 Å². The highest BCUT2D eigenvalue weighted by atomic mass is 35.5. The van der Waals surface area contributed by atoms with E-state index in [1.807, 2.05) is 56.3 Å². The van der Waals surface area contributed by atoms with E-state index in [0.717, 1.165) is 39.8 Å². The lowest BCUT2D eigenvalue weighted by Gasteiger charge is -2.19. The number of hydrogen-bond acceptors (Lipinski definition) is 4. The summed E-state index contributed by atoms with van der Waals surface area (Å²) in [6.07, 6.45) is 0.489. The topological polar surface area (TPSA) is 81.6 Å². The molecule has 1 aromatic heterocycles. The molecule has 7 nitrogen and oxygen atoms in total. The van der Waals surface area contributed by atoms with Crippen LogP contribution in [0.1, 0.15) is 29.3 Å². The van der Waals surface area contributed by atoms with Gasteiger partial charge in [0.25, 0.3) is 0 Å². The van der Waals surface area contributed by atoms with E-state index in [2.05, 4.69) is 22.1 Å². The number of aryl methyl sites for hydroxylation is 2. The van der Waals surface area contributed by atoms with Crippen LogP contribution in [0.25, 0.3) is 10.9 Å². The largest absolute Gasteiger partial charge is 0.454 e. The molecule has 0 fully saturated rings. The van der Waals surface area contributed by atoms with Gasteiger partial charge in [0.2, 0.25) is 18.6 Å². The van der Waals surface area contributed by atoms with Crippen LogP contribution in [0.15, 0.2) is 60.7 Å². The van der Waals surface area contributed by atoms with Crippen molar-refractivity contribution in [2.75, 3.05) is 12.1 Å². The van der Waals surface area contributed by atoms with Gasteiger partial charge in [-0.2, -0.15) is 0 Å². The minimum absolute atomic E-state index is 0.138. The van der Waals surface area contributed by atoms with Crippen LogP contribution >= 0.6 is 11.6 Å². The standard InChI is InChI=1S/C30H30ClN3O4/c1-4-34-19(3)22(28-18(2)10-12-23(31)29(28)34)16-27(35)33-24(14-20-8-6-5-7-9-20)30(36)32-21-11-13-25-26(15-21)38-17-37-25/h5-13,15,24H,4,14,16-17H2,1-3H3,(H,32,36)(H,33,35)/t24-/m0/s1. The number of anilines is 1. The SMILES string of the molecule is CCn1c(C)c(CC(=O)N[C@@H](Cc2ccccc2)C(=O)Nc2ccc3c(c2)OCO3)c2c(C)ccc(Cl)c21. The van der Waals surface area contributed by atoms with E-state index in [9.17, 15) is 9.59 Å². The Balaban J connectivity index is 1.40. The number of aromatic nitrogens is 1. The normalized spacial score (nSPS) is 12.9. The molecule has 0 saturated heterocycles. The maximum Gasteiger partial charge on any atom is 0.247 e. The first-order chi connectivity index (χ1) is 18.4. The van der Waals surface area contributed by atoms with Gasteiger partial charge in [0, 0.05) is 35.8 Å². The quantitative estimate of drug-likeness (QED) is 0.311. The zero-order valence-electron chi connectivity index (χ0n) is 21.6. The van der Waals surface area contributed by atoms with Gasteiger partial charge in [0.15, 0.2) is 11.5 Å². The number of nitrogens with one attached hydrogen (secondary N) is 2. The van der Waals surface area contributed by atoms with Crippen LogP contribution in [0, 0.1) is 13.8 Å². The molecule has 5 rings (SSSR count). The number of nitrogens with zero attached hydrogens (tertiary/aromatic N) is 1. The monoisotopic (exact) mass is 531 g/mol. The van der Waals surface area contributed by atoms with Gasteiger partial charge in [0.05, 0.1) is 17.0 Å². The van der Waals surface area contributed by atoms with E-state index in [0.29, 0.717) is 28.6 Å². The lowest BCUT2D eigenvalue weighted by Crippen LogP contribution is -2.45. The minimum atomic E-state index is -0.778. The maximum absolute atomic E-state index is 13.4. The molecule has 4 aromatic rings. The summed E-state index contributed by atoms with van der Waals surface area (Å²) >= 11 is 6.57. The van der Waals surface area contributed by atoms with E-state index in [1.54, 1.807) is 18.2 Å². The van der Waals surface area contributed by atoms with Gasteiger partial charge in [-0.3, -0.25) is 9.59 Å². The molecule has 196 valence electrons. The average molecular weight is 532 g/mol. The third kappa shape index (κ3) is 5.07. The van der Waals surface area contributed by atoms with Gasteiger partial charge in [-0.05, 0) is 55.7 Å². The zero-order chi connectivity index (χ0) is 26.8. The van der Waals surface area contributed by atoms with Crippen LogP contribution in [0.5, 0.6) is 11.5 Å². The second-order valence-electron chi connectivity index (χ2n) is 9.44. The number of carbonyl (C=O) groups excluding carboxylic acids is 2. The number of amides is 2. The smallest absolute Gasteiger partial charge is 0.247 e. The third-order valence-electron chi connectivity index (χ3n) is 6.98. The van der Waals surface area contributed by atoms with Crippen LogP contribution in [0.4, 0.5) is 5.69 Å². The molecular weight excluding hydrogens is 502 g/mol. The van der Waals surface area contributed by atoms with Gasteiger partial charge in [-0.25, -0.2) is 0 Å². The Bertz CT molecular complexity index is 1510. The Morgan fingerprint density at radius 2 is 1.79 bits per heavy atom. The van der Waals surface area contributed by atoms with Crippen molar-refractivity contribution in [3.8, 4) is 11.5 Å². The van der Waals surface area contributed by atoms with Crippen LogP contribution in [0.2, 0.25) is 5.02 Å². The van der Waals surface area contributed by atoms with Gasteiger partial charge in [-0.15, -0.1) is 0 Å². The first-order valence-electron chi connectivity index (χ1n) is 12.7. The Kier molecular flexibility index (Phi) is 7.29. The number of carbonyl (C=O) groups is 2. The molecule has 0 spiro atoms. The lowest BCUT2D eigenvalue weighted by molar-refractivity contribution is -0.126. The molecule has 0 aliphatic carbocycles. The van der Waals surface area contributed by atoms with E-state index >= 15 is 0 Å². The van der Waals surface area contributed by atoms with E-state index < -0.39 is 6.04 Å². The minimum Gasteiger partial charge on any atom is -0.454 e. The van der Waals surface area contributed by atoms with Gasteiger partial charge in [-0.1, -0.05) is 48.0 Å². The van der Waals surface area contributed by atoms with E-state index in [-0.39, 0.29) is 25.0 Å². The van der Waals surface area contributed by atoms with Crippen LogP contribution in [-0.4, -0.2) is 29.2 Å². The number of rotatable bonds is 8. The summed E-state index contributed by atoms with van der Waals surface area (Å²) in [6, 6.07) is 18.0. The fourth-order valence-corrected chi connectivity index (χ4v) is 5.36. The fourth-order valence-electron chi connectivity index (χ4n) is 5.10. The molecule has 2 heterocycles. The summed E-state index contributed by atoms with van der Waals surface area (Å²) in [5.41, 5.74) is 5.44. The lowest BCUT2D eigenvalue weighted by atomic mass is 10.0. The van der Waals surface area contributed by atoms with Crippen molar-refractivity contribution >= 4 is 40.0 Å². The molecule has 8 heteroatoms. The molecule has 0 bridgehead atoms. The van der Waals surface area contributed by atoms with Gasteiger partial charge >= 0.3 is 0 Å². The molecule has 0 saturated carbocycles. The molecule has 3 aromatic carbocycles. The highest BCUT2D eigenvalue weighted by molar-refractivity contribution is 6.35. The van der Waals surface area contributed by atoms with Crippen molar-refractivity contribution in [2.24, 2.45) is 0 Å². The van der Waals surface area contributed by atoms with Crippen molar-refractivity contribution in [2.45, 2.75) is 46.2 Å². The Labute approximate surface area is 226 Å². The number of benzene rings is 3. The summed E-state index contributed by atoms with van der Waals surface area (Å²) in [5, 5.41) is 7.57. The van der Waals surface area contributed by atoms with E-state index in [4.69, 9.17) is 21.1 Å². The summed E-state index contributed by atoms with van der Waals surface area (Å²) < 4.78 is 12.9. The molecule has 1 aliphatic rings. The Hall–Kier alpha value is -3.97. The zero-order valence-corrected chi connectivity index (χ0v) is 22.4. The van der Waals surface area contributed by atoms with Gasteiger partial charge < -0.3 is 24.7 Å². The average Bonchev–Trinajstić information content (AvgIpc) is 3.49. The molecule has 2 N–H and O–H groups in total. The van der Waals surface area contributed by atoms with Crippen molar-refractivity contribution in [1.82, 2.24) is 9.88 Å². The molecule has 1 aliphatic heterocycles. The van der Waals surface area contributed by atoms with Crippen molar-refractivity contribution in [1.29, 1.82) is 0 Å². The number of halogens is 1. The predicted octanol–water partition coefficient (Wildman–Crippen LogP) is 5.57. The molecule has 38 heavy (non-hydrogen) atoms. The number of hydrogen-bond donors (Lipinski definition) is 2. The Morgan fingerprint density at radius 3 is 2.55 bits per heavy atom. The molecule has 1 atom stereocenters. The van der Waals surface area contributed by atoms with Crippen molar-refractivity contribution < 1.29 is 19.1 Å². The molecule has 0 radical (unpaired) electrons. The highest BCUT2D eigenvalue weighted by Crippen LogP contribution is 2.35. The summed E-state index contributed by atoms with van der Waals surface area (Å²) in [6.45, 7) is 6.98. The first-order valence-corrected chi connectivity index (χ1v) is 13.0. The second-order valence-corrected chi connectivity index (χ2v) is 9.85.